The van der Waals surface area contributed by atoms with Gasteiger partial charge in [-0.25, -0.2) is 8.42 Å². The highest BCUT2D eigenvalue weighted by Gasteiger charge is 2.43. The zero-order chi connectivity index (χ0) is 15.0. The second-order valence-corrected chi connectivity index (χ2v) is 8.55. The summed E-state index contributed by atoms with van der Waals surface area (Å²) in [7, 11) is -3.51. The van der Waals surface area contributed by atoms with Crippen LogP contribution in [0.5, 0.6) is 0 Å². The van der Waals surface area contributed by atoms with E-state index in [0.29, 0.717) is 17.9 Å². The van der Waals surface area contributed by atoms with Crippen LogP contribution in [-0.4, -0.2) is 31.1 Å². The maximum Gasteiger partial charge on any atom is 0.243 e. The minimum Gasteiger partial charge on any atom is -0.299 e. The highest BCUT2D eigenvalue weighted by Crippen LogP contribution is 2.36. The molecular weight excluding hydrogens is 354 g/mol. The first-order chi connectivity index (χ1) is 10.00. The van der Waals surface area contributed by atoms with Gasteiger partial charge < -0.3 is 0 Å². The molecule has 2 aliphatic rings. The molecule has 1 aromatic carbocycles. The van der Waals surface area contributed by atoms with E-state index in [2.05, 4.69) is 15.9 Å². The summed E-state index contributed by atoms with van der Waals surface area (Å²) in [5, 5.41) is 0. The summed E-state index contributed by atoms with van der Waals surface area (Å²) in [4.78, 5) is 12.3. The van der Waals surface area contributed by atoms with Gasteiger partial charge >= 0.3 is 0 Å². The minimum absolute atomic E-state index is 0.0993. The van der Waals surface area contributed by atoms with Gasteiger partial charge in [0.15, 0.2) is 0 Å². The molecule has 0 radical (unpaired) electrons. The van der Waals surface area contributed by atoms with E-state index in [-0.39, 0.29) is 17.7 Å². The van der Waals surface area contributed by atoms with Crippen LogP contribution in [-0.2, 0) is 14.8 Å². The van der Waals surface area contributed by atoms with Gasteiger partial charge in [-0.2, -0.15) is 4.31 Å². The first-order valence-corrected chi connectivity index (χ1v) is 9.53. The molecule has 1 saturated carbocycles. The van der Waals surface area contributed by atoms with Crippen molar-refractivity contribution >= 4 is 31.7 Å². The van der Waals surface area contributed by atoms with Crippen molar-refractivity contribution in [1.82, 2.24) is 4.31 Å². The highest BCUT2D eigenvalue weighted by atomic mass is 79.9. The quantitative estimate of drug-likeness (QED) is 0.820. The number of benzene rings is 1. The van der Waals surface area contributed by atoms with Crippen molar-refractivity contribution in [2.75, 3.05) is 6.54 Å². The Morgan fingerprint density at radius 3 is 2.43 bits per heavy atom. The number of hydrogen-bond donors (Lipinski definition) is 0. The Labute approximate surface area is 133 Å². The van der Waals surface area contributed by atoms with E-state index in [0.717, 1.165) is 30.2 Å². The zero-order valence-electron chi connectivity index (χ0n) is 11.7. The predicted octanol–water partition coefficient (Wildman–Crippen LogP) is 2.97. The van der Waals surface area contributed by atoms with Crippen LogP contribution in [0.15, 0.2) is 33.6 Å². The molecule has 0 spiro atoms. The Kier molecular flexibility index (Phi) is 4.21. The molecule has 2 atom stereocenters. The molecule has 1 aromatic rings. The summed E-state index contributed by atoms with van der Waals surface area (Å²) in [6.45, 7) is 0.521. The van der Waals surface area contributed by atoms with E-state index in [1.807, 2.05) is 0 Å². The van der Waals surface area contributed by atoms with Crippen LogP contribution in [0.2, 0.25) is 0 Å². The molecule has 0 bridgehead atoms. The lowest BCUT2D eigenvalue weighted by atomic mass is 9.96. The maximum atomic E-state index is 12.8. The molecule has 3 rings (SSSR count). The van der Waals surface area contributed by atoms with E-state index in [9.17, 15) is 13.2 Å². The SMILES string of the molecule is O=C1CCCC1C1CCCN1S(=O)(=O)c1ccc(Br)cc1. The Morgan fingerprint density at radius 2 is 1.81 bits per heavy atom. The van der Waals surface area contributed by atoms with Gasteiger partial charge in [-0.1, -0.05) is 15.9 Å². The summed E-state index contributed by atoms with van der Waals surface area (Å²) < 4.78 is 28.0. The van der Waals surface area contributed by atoms with Crippen molar-refractivity contribution in [3.05, 3.63) is 28.7 Å². The van der Waals surface area contributed by atoms with Crippen LogP contribution in [0.4, 0.5) is 0 Å². The molecule has 2 fully saturated rings. The number of nitrogens with zero attached hydrogens (tertiary/aromatic N) is 1. The summed E-state index contributed by atoms with van der Waals surface area (Å²) in [6.07, 6.45) is 3.96. The summed E-state index contributed by atoms with van der Waals surface area (Å²) in [5.41, 5.74) is 0. The van der Waals surface area contributed by atoms with Crippen molar-refractivity contribution in [2.24, 2.45) is 5.92 Å². The number of carbonyl (C=O) groups excluding carboxylic acids is 1. The fourth-order valence-electron chi connectivity index (χ4n) is 3.46. The van der Waals surface area contributed by atoms with Crippen LogP contribution < -0.4 is 0 Å². The van der Waals surface area contributed by atoms with E-state index in [1.54, 1.807) is 28.6 Å². The lowest BCUT2D eigenvalue weighted by Gasteiger charge is -2.27. The van der Waals surface area contributed by atoms with Crippen molar-refractivity contribution in [2.45, 2.75) is 43.0 Å². The van der Waals surface area contributed by atoms with Gasteiger partial charge in [-0.15, -0.1) is 0 Å². The molecule has 6 heteroatoms. The maximum absolute atomic E-state index is 12.8. The van der Waals surface area contributed by atoms with Gasteiger partial charge in [0.05, 0.1) is 4.90 Å². The van der Waals surface area contributed by atoms with Crippen LogP contribution >= 0.6 is 15.9 Å². The van der Waals surface area contributed by atoms with Crippen molar-refractivity contribution in [1.29, 1.82) is 0 Å². The molecule has 4 nitrogen and oxygen atoms in total. The van der Waals surface area contributed by atoms with Crippen LogP contribution in [0, 0.1) is 5.92 Å². The average molecular weight is 372 g/mol. The largest absolute Gasteiger partial charge is 0.299 e. The third-order valence-electron chi connectivity index (χ3n) is 4.48. The lowest BCUT2D eigenvalue weighted by Crippen LogP contribution is -2.41. The topological polar surface area (TPSA) is 54.5 Å². The normalized spacial score (nSPS) is 27.4. The molecule has 2 unspecified atom stereocenters. The van der Waals surface area contributed by atoms with E-state index in [4.69, 9.17) is 0 Å². The molecule has 21 heavy (non-hydrogen) atoms. The van der Waals surface area contributed by atoms with E-state index in [1.165, 1.54) is 0 Å². The number of hydrogen-bond acceptors (Lipinski definition) is 3. The Balaban J connectivity index is 1.90. The van der Waals surface area contributed by atoms with Crippen LogP contribution in [0.1, 0.15) is 32.1 Å². The number of sulfonamides is 1. The molecule has 1 aliphatic heterocycles. The monoisotopic (exact) mass is 371 g/mol. The Hall–Kier alpha value is -0.720. The minimum atomic E-state index is -3.51. The Bertz CT molecular complexity index is 641. The molecule has 0 amide bonds. The first kappa shape index (κ1) is 15.2. The number of ketones is 1. The highest BCUT2D eigenvalue weighted by molar-refractivity contribution is 9.10. The van der Waals surface area contributed by atoms with E-state index >= 15 is 0 Å². The smallest absolute Gasteiger partial charge is 0.243 e. The lowest BCUT2D eigenvalue weighted by molar-refractivity contribution is -0.121. The average Bonchev–Trinajstić information content (AvgIpc) is 3.07. The number of Topliss-reactive ketones (excluding diaryl/α,β-unsaturated/α-hetero) is 1. The first-order valence-electron chi connectivity index (χ1n) is 7.30. The number of carbonyl (C=O) groups is 1. The molecule has 0 aromatic heterocycles. The van der Waals surface area contributed by atoms with Gasteiger partial charge in [0.25, 0.3) is 0 Å². The molecular formula is C15H18BrNO3S. The molecule has 114 valence electrons. The van der Waals surface area contributed by atoms with Crippen molar-refractivity contribution in [3.8, 4) is 0 Å². The van der Waals surface area contributed by atoms with Gasteiger partial charge in [0, 0.05) is 29.4 Å². The standard InChI is InChI=1S/C15H18BrNO3S/c16-11-6-8-12(9-7-11)21(19,20)17-10-2-4-14(17)13-3-1-5-15(13)18/h6-9,13-14H,1-5,10H2. The van der Waals surface area contributed by atoms with Gasteiger partial charge in [0.2, 0.25) is 10.0 Å². The van der Waals surface area contributed by atoms with Crippen LogP contribution in [0.25, 0.3) is 0 Å². The third-order valence-corrected chi connectivity index (χ3v) is 6.95. The second kappa shape index (κ2) is 5.82. The summed E-state index contributed by atoms with van der Waals surface area (Å²) in [6, 6.07) is 6.56. The van der Waals surface area contributed by atoms with Gasteiger partial charge in [0.1, 0.15) is 5.78 Å². The van der Waals surface area contributed by atoms with E-state index < -0.39 is 10.0 Å². The fraction of sp³-hybridized carbons (Fsp3) is 0.533. The van der Waals surface area contributed by atoms with Gasteiger partial charge in [-0.05, 0) is 49.9 Å². The molecule has 1 heterocycles. The summed E-state index contributed by atoms with van der Waals surface area (Å²) >= 11 is 3.32. The van der Waals surface area contributed by atoms with Gasteiger partial charge in [-0.3, -0.25) is 4.79 Å². The summed E-state index contributed by atoms with van der Waals surface area (Å²) in [5.74, 6) is 0.135. The Morgan fingerprint density at radius 1 is 1.10 bits per heavy atom. The number of rotatable bonds is 3. The van der Waals surface area contributed by atoms with Crippen molar-refractivity contribution in [3.63, 3.8) is 0 Å². The fourth-order valence-corrected chi connectivity index (χ4v) is 5.45. The molecule has 1 saturated heterocycles. The molecule has 0 N–H and O–H groups in total. The second-order valence-electron chi connectivity index (χ2n) is 5.74. The number of halogens is 1. The zero-order valence-corrected chi connectivity index (χ0v) is 14.1. The van der Waals surface area contributed by atoms with Crippen molar-refractivity contribution < 1.29 is 13.2 Å². The molecule has 1 aliphatic carbocycles. The predicted molar refractivity (Wildman–Crippen MR) is 83.4 cm³/mol. The van der Waals surface area contributed by atoms with Crippen LogP contribution in [0.3, 0.4) is 0 Å². The third kappa shape index (κ3) is 2.81.